The van der Waals surface area contributed by atoms with E-state index in [1.165, 1.54) is 0 Å². The Morgan fingerprint density at radius 3 is 2.44 bits per heavy atom. The molecule has 0 radical (unpaired) electrons. The number of rotatable bonds is 3. The topological polar surface area (TPSA) is 36.3 Å². The first-order valence-corrected chi connectivity index (χ1v) is 6.69. The van der Waals surface area contributed by atoms with Crippen molar-refractivity contribution in [1.29, 1.82) is 0 Å². The van der Waals surface area contributed by atoms with Crippen molar-refractivity contribution in [1.82, 2.24) is 9.78 Å². The van der Waals surface area contributed by atoms with Crippen LogP contribution in [0.2, 0.25) is 0 Å². The molecule has 1 fully saturated rings. The van der Waals surface area contributed by atoms with Crippen LogP contribution >= 0.6 is 0 Å². The Bertz CT molecular complexity index is 430. The van der Waals surface area contributed by atoms with Gasteiger partial charge in [0.15, 0.2) is 0 Å². The van der Waals surface area contributed by atoms with Crippen LogP contribution in [0, 0.1) is 0 Å². The molecule has 1 aromatic heterocycles. The Kier molecular flexibility index (Phi) is 3.32. The maximum Gasteiger partial charge on any atom is 0.498 e. The zero-order valence-corrected chi connectivity index (χ0v) is 12.2. The van der Waals surface area contributed by atoms with Gasteiger partial charge in [0.05, 0.1) is 11.2 Å². The van der Waals surface area contributed by atoms with E-state index in [2.05, 4.69) is 46.6 Å². The monoisotopic (exact) mass is 250 g/mol. The average Bonchev–Trinajstić information content (AvgIpc) is 2.83. The average molecular weight is 250 g/mol. The van der Waals surface area contributed by atoms with Crippen LogP contribution in [-0.2, 0) is 9.31 Å². The van der Waals surface area contributed by atoms with Gasteiger partial charge < -0.3 is 9.31 Å². The van der Waals surface area contributed by atoms with Crippen LogP contribution in [0.3, 0.4) is 0 Å². The van der Waals surface area contributed by atoms with Gasteiger partial charge in [-0.05, 0) is 41.0 Å². The van der Waals surface area contributed by atoms with Gasteiger partial charge in [-0.2, -0.15) is 5.10 Å². The number of nitrogens with zero attached hydrogens (tertiary/aromatic N) is 2. The highest BCUT2D eigenvalue weighted by atomic mass is 16.7. The molecule has 18 heavy (non-hydrogen) atoms. The molecule has 1 saturated heterocycles. The second-order valence-corrected chi connectivity index (χ2v) is 6.01. The van der Waals surface area contributed by atoms with Gasteiger partial charge in [0, 0.05) is 23.9 Å². The lowest BCUT2D eigenvalue weighted by Gasteiger charge is -2.35. The van der Waals surface area contributed by atoms with Gasteiger partial charge in [0.1, 0.15) is 0 Å². The van der Waals surface area contributed by atoms with Crippen molar-refractivity contribution in [2.24, 2.45) is 0 Å². The van der Waals surface area contributed by atoms with Crippen LogP contribution in [-0.4, -0.2) is 28.1 Å². The zero-order chi connectivity index (χ0) is 13.6. The summed E-state index contributed by atoms with van der Waals surface area (Å²) in [6.07, 6.45) is 4.77. The van der Waals surface area contributed by atoms with E-state index in [0.717, 1.165) is 11.9 Å². The molecule has 0 spiro atoms. The summed E-state index contributed by atoms with van der Waals surface area (Å²) in [5.74, 6) is 0. The van der Waals surface area contributed by atoms with E-state index in [4.69, 9.17) is 9.31 Å². The van der Waals surface area contributed by atoms with Gasteiger partial charge >= 0.3 is 7.12 Å². The van der Waals surface area contributed by atoms with Gasteiger partial charge in [0.2, 0.25) is 0 Å². The second-order valence-electron chi connectivity index (χ2n) is 6.01. The Labute approximate surface area is 110 Å². The van der Waals surface area contributed by atoms with Gasteiger partial charge in [-0.3, -0.25) is 4.68 Å². The minimum absolute atomic E-state index is 0.252. The minimum atomic E-state index is -0.308. The van der Waals surface area contributed by atoms with Crippen molar-refractivity contribution in [3.8, 4) is 0 Å². The van der Waals surface area contributed by atoms with E-state index >= 15 is 0 Å². The fourth-order valence-electron chi connectivity index (χ4n) is 2.20. The lowest BCUT2D eigenvalue weighted by atomic mass is 9.82. The molecule has 1 atom stereocenters. The molecule has 5 heteroatoms. The first-order chi connectivity index (χ1) is 8.29. The third kappa shape index (κ3) is 2.10. The van der Waals surface area contributed by atoms with Crippen LogP contribution in [0.15, 0.2) is 12.4 Å². The molecule has 0 aromatic carbocycles. The molecule has 0 amide bonds. The van der Waals surface area contributed by atoms with Crippen molar-refractivity contribution < 1.29 is 9.31 Å². The quantitative estimate of drug-likeness (QED) is 0.771. The molecule has 1 unspecified atom stereocenters. The SMILES string of the molecule is CCC1(C)OB(c2cnn(C(C)C)c2)OC1(C)C. The van der Waals surface area contributed by atoms with E-state index in [-0.39, 0.29) is 18.3 Å². The zero-order valence-electron chi connectivity index (χ0n) is 12.2. The summed E-state index contributed by atoms with van der Waals surface area (Å²) in [5, 5.41) is 4.34. The second kappa shape index (κ2) is 4.39. The highest BCUT2D eigenvalue weighted by Crippen LogP contribution is 2.39. The number of hydrogen-bond acceptors (Lipinski definition) is 3. The molecule has 0 N–H and O–H groups in total. The molecule has 1 aliphatic rings. The molecule has 1 aliphatic heterocycles. The summed E-state index contributed by atoms with van der Waals surface area (Å²) in [7, 11) is -0.308. The smallest absolute Gasteiger partial charge is 0.399 e. The first kappa shape index (κ1) is 13.6. The normalized spacial score (nSPS) is 27.2. The maximum atomic E-state index is 6.12. The molecule has 4 nitrogen and oxygen atoms in total. The molecule has 0 saturated carbocycles. The highest BCUT2D eigenvalue weighted by molar-refractivity contribution is 6.62. The largest absolute Gasteiger partial charge is 0.498 e. The molecule has 2 rings (SSSR count). The van der Waals surface area contributed by atoms with E-state index in [9.17, 15) is 0 Å². The van der Waals surface area contributed by atoms with Crippen LogP contribution < -0.4 is 5.46 Å². The maximum absolute atomic E-state index is 6.12. The number of aromatic nitrogens is 2. The molecular formula is C13H23BN2O2. The van der Waals surface area contributed by atoms with Crippen LogP contribution in [0.5, 0.6) is 0 Å². The summed E-state index contributed by atoms with van der Waals surface area (Å²) in [6.45, 7) is 12.6. The molecule has 0 aliphatic carbocycles. The Morgan fingerprint density at radius 2 is 2.00 bits per heavy atom. The molecule has 2 heterocycles. The standard InChI is InChI=1S/C13H23BN2O2/c1-7-13(6)12(4,5)17-14(18-13)11-8-15-16(9-11)10(2)3/h8-10H,7H2,1-6H3. The van der Waals surface area contributed by atoms with Crippen molar-refractivity contribution >= 4 is 12.6 Å². The molecule has 100 valence electrons. The van der Waals surface area contributed by atoms with Gasteiger partial charge in [0.25, 0.3) is 0 Å². The van der Waals surface area contributed by atoms with Crippen LogP contribution in [0.25, 0.3) is 0 Å². The van der Waals surface area contributed by atoms with Crippen molar-refractivity contribution in [3.63, 3.8) is 0 Å². The van der Waals surface area contributed by atoms with Gasteiger partial charge in [-0.15, -0.1) is 0 Å². The van der Waals surface area contributed by atoms with E-state index < -0.39 is 0 Å². The van der Waals surface area contributed by atoms with Crippen molar-refractivity contribution in [2.75, 3.05) is 0 Å². The predicted octanol–water partition coefficient (Wildman–Crippen LogP) is 2.15. The summed E-state index contributed by atoms with van der Waals surface area (Å²) in [5.41, 5.74) is 0.457. The van der Waals surface area contributed by atoms with Crippen LogP contribution in [0.1, 0.15) is 54.0 Å². The first-order valence-electron chi connectivity index (χ1n) is 6.69. The van der Waals surface area contributed by atoms with E-state index in [0.29, 0.717) is 6.04 Å². The predicted molar refractivity (Wildman–Crippen MR) is 72.9 cm³/mol. The highest BCUT2D eigenvalue weighted by Gasteiger charge is 2.53. The Morgan fingerprint density at radius 1 is 1.33 bits per heavy atom. The summed E-state index contributed by atoms with van der Waals surface area (Å²) >= 11 is 0. The van der Waals surface area contributed by atoms with Crippen LogP contribution in [0.4, 0.5) is 0 Å². The minimum Gasteiger partial charge on any atom is -0.399 e. The molecule has 0 bridgehead atoms. The lowest BCUT2D eigenvalue weighted by Crippen LogP contribution is -2.44. The fourth-order valence-corrected chi connectivity index (χ4v) is 2.20. The Hall–Kier alpha value is -0.805. The summed E-state index contributed by atoms with van der Waals surface area (Å²) in [6, 6.07) is 0.353. The third-order valence-corrected chi connectivity index (χ3v) is 4.14. The van der Waals surface area contributed by atoms with Gasteiger partial charge in [-0.1, -0.05) is 6.92 Å². The Balaban J connectivity index is 2.21. The molecule has 1 aromatic rings. The summed E-state index contributed by atoms with van der Waals surface area (Å²) < 4.78 is 14.1. The van der Waals surface area contributed by atoms with Crippen molar-refractivity contribution in [2.45, 2.75) is 65.2 Å². The fraction of sp³-hybridized carbons (Fsp3) is 0.769. The van der Waals surface area contributed by atoms with E-state index in [1.54, 1.807) is 0 Å². The van der Waals surface area contributed by atoms with Gasteiger partial charge in [-0.25, -0.2) is 0 Å². The number of hydrogen-bond donors (Lipinski definition) is 0. The summed E-state index contributed by atoms with van der Waals surface area (Å²) in [4.78, 5) is 0. The molecular weight excluding hydrogens is 227 g/mol. The lowest BCUT2D eigenvalue weighted by molar-refractivity contribution is -0.0118. The van der Waals surface area contributed by atoms with Crippen molar-refractivity contribution in [3.05, 3.63) is 12.4 Å². The third-order valence-electron chi connectivity index (χ3n) is 4.14. The van der Waals surface area contributed by atoms with E-state index in [1.807, 2.05) is 17.1 Å².